The quantitative estimate of drug-likeness (QED) is 0.587. The zero-order chi connectivity index (χ0) is 20.3. The Kier molecular flexibility index (Phi) is 6.11. The van der Waals surface area contributed by atoms with Gasteiger partial charge in [0.05, 0.1) is 47.5 Å². The Morgan fingerprint density at radius 2 is 1.96 bits per heavy atom. The Labute approximate surface area is 166 Å². The van der Waals surface area contributed by atoms with E-state index in [0.717, 1.165) is 4.90 Å². The van der Waals surface area contributed by atoms with Crippen molar-refractivity contribution >= 4 is 34.6 Å². The number of benzene rings is 2. The lowest BCUT2D eigenvalue weighted by Gasteiger charge is -2.36. The smallest absolute Gasteiger partial charge is 0.282 e. The molecule has 1 fully saturated rings. The summed E-state index contributed by atoms with van der Waals surface area (Å²) in [5.74, 6) is -0.463. The van der Waals surface area contributed by atoms with Gasteiger partial charge in [0.15, 0.2) is 6.04 Å². The van der Waals surface area contributed by atoms with Gasteiger partial charge < -0.3 is 15.1 Å². The molecule has 28 heavy (non-hydrogen) atoms. The molecule has 2 aromatic carbocycles. The SMILES string of the molecule is C[C@@H](C(=O)Nc1ccc([N+](=O)[O-])cc1Cl)[NH+]1CCN(c2ccccc2F)CC1. The van der Waals surface area contributed by atoms with Gasteiger partial charge in [-0.25, -0.2) is 4.39 Å². The van der Waals surface area contributed by atoms with Crippen LogP contribution in [0.4, 0.5) is 21.5 Å². The fourth-order valence-corrected chi connectivity index (χ4v) is 3.54. The maximum atomic E-state index is 13.9. The number of hydrogen-bond donors (Lipinski definition) is 2. The minimum atomic E-state index is -0.542. The van der Waals surface area contributed by atoms with Crippen LogP contribution in [0.1, 0.15) is 6.92 Å². The van der Waals surface area contributed by atoms with Crippen LogP contribution >= 0.6 is 11.6 Å². The molecule has 1 saturated heterocycles. The number of halogens is 2. The number of piperazine rings is 1. The van der Waals surface area contributed by atoms with E-state index in [2.05, 4.69) is 5.32 Å². The van der Waals surface area contributed by atoms with Crippen LogP contribution < -0.4 is 15.1 Å². The summed E-state index contributed by atoms with van der Waals surface area (Å²) in [4.78, 5) is 25.9. The van der Waals surface area contributed by atoms with Crippen LogP contribution in [0, 0.1) is 15.9 Å². The van der Waals surface area contributed by atoms with E-state index < -0.39 is 4.92 Å². The summed E-state index contributed by atoms with van der Waals surface area (Å²) in [6, 6.07) is 10.3. The molecule has 1 aliphatic rings. The zero-order valence-electron chi connectivity index (χ0n) is 15.3. The van der Waals surface area contributed by atoms with Crippen molar-refractivity contribution in [2.24, 2.45) is 0 Å². The number of nitro groups is 1. The van der Waals surface area contributed by atoms with E-state index in [9.17, 15) is 19.3 Å². The Morgan fingerprint density at radius 1 is 1.29 bits per heavy atom. The van der Waals surface area contributed by atoms with Gasteiger partial charge in [-0.2, -0.15) is 0 Å². The number of nitrogens with one attached hydrogen (secondary N) is 2. The van der Waals surface area contributed by atoms with E-state index in [0.29, 0.717) is 37.6 Å². The zero-order valence-corrected chi connectivity index (χ0v) is 16.1. The highest BCUT2D eigenvalue weighted by atomic mass is 35.5. The molecular formula is C19H21ClFN4O3+. The van der Waals surface area contributed by atoms with Gasteiger partial charge in [-0.15, -0.1) is 0 Å². The lowest BCUT2D eigenvalue weighted by Crippen LogP contribution is -3.19. The van der Waals surface area contributed by atoms with Crippen molar-refractivity contribution in [2.45, 2.75) is 13.0 Å². The first-order chi connectivity index (χ1) is 13.4. The van der Waals surface area contributed by atoms with Gasteiger partial charge in [-0.1, -0.05) is 23.7 Å². The highest BCUT2D eigenvalue weighted by molar-refractivity contribution is 6.34. The molecule has 1 amide bonds. The number of carbonyl (C=O) groups is 1. The fraction of sp³-hybridized carbons (Fsp3) is 0.316. The van der Waals surface area contributed by atoms with Crippen molar-refractivity contribution in [1.29, 1.82) is 0 Å². The van der Waals surface area contributed by atoms with Crippen LogP contribution in [0.15, 0.2) is 42.5 Å². The van der Waals surface area contributed by atoms with Gasteiger partial charge in [0.25, 0.3) is 11.6 Å². The molecule has 0 spiro atoms. The van der Waals surface area contributed by atoms with E-state index in [1.165, 1.54) is 24.3 Å². The topological polar surface area (TPSA) is 79.9 Å². The Bertz CT molecular complexity index is 887. The minimum absolute atomic E-state index is 0.120. The van der Waals surface area contributed by atoms with Crippen LogP contribution in [0.5, 0.6) is 0 Å². The first kappa shape index (κ1) is 20.0. The maximum absolute atomic E-state index is 13.9. The monoisotopic (exact) mass is 407 g/mol. The Hall–Kier alpha value is -2.71. The minimum Gasteiger partial charge on any atom is -0.358 e. The van der Waals surface area contributed by atoms with Crippen molar-refractivity contribution in [3.63, 3.8) is 0 Å². The third kappa shape index (κ3) is 4.40. The first-order valence-corrected chi connectivity index (χ1v) is 9.33. The highest BCUT2D eigenvalue weighted by Gasteiger charge is 2.30. The third-order valence-electron chi connectivity index (χ3n) is 5.03. The van der Waals surface area contributed by atoms with Gasteiger partial charge in [-0.05, 0) is 25.1 Å². The molecule has 3 rings (SSSR count). The molecule has 1 aliphatic heterocycles. The van der Waals surface area contributed by atoms with Crippen molar-refractivity contribution < 1.29 is 19.0 Å². The second-order valence-corrected chi connectivity index (χ2v) is 7.14. The largest absolute Gasteiger partial charge is 0.358 e. The molecule has 0 unspecified atom stereocenters. The molecule has 1 heterocycles. The number of nitrogens with zero attached hydrogens (tertiary/aromatic N) is 2. The van der Waals surface area contributed by atoms with E-state index >= 15 is 0 Å². The Morgan fingerprint density at radius 3 is 2.57 bits per heavy atom. The van der Waals surface area contributed by atoms with Crippen LogP contribution in [0.2, 0.25) is 5.02 Å². The molecule has 0 bridgehead atoms. The van der Waals surface area contributed by atoms with Crippen LogP contribution in [-0.4, -0.2) is 43.1 Å². The van der Waals surface area contributed by atoms with Crippen molar-refractivity contribution in [2.75, 3.05) is 36.4 Å². The van der Waals surface area contributed by atoms with E-state index in [1.807, 2.05) is 17.9 Å². The summed E-state index contributed by atoms with van der Waals surface area (Å²) in [6.45, 7) is 4.49. The normalized spacial score (nSPS) is 15.9. The molecule has 9 heteroatoms. The molecule has 1 atom stereocenters. The third-order valence-corrected chi connectivity index (χ3v) is 5.34. The van der Waals surface area contributed by atoms with E-state index in [-0.39, 0.29) is 28.5 Å². The summed E-state index contributed by atoms with van der Waals surface area (Å²) in [7, 11) is 0. The van der Waals surface area contributed by atoms with Gasteiger partial charge in [-0.3, -0.25) is 14.9 Å². The molecule has 0 aliphatic carbocycles. The summed E-state index contributed by atoms with van der Waals surface area (Å²) in [6.07, 6.45) is 0. The molecule has 0 radical (unpaired) electrons. The number of hydrogen-bond acceptors (Lipinski definition) is 4. The summed E-state index contributed by atoms with van der Waals surface area (Å²) < 4.78 is 13.9. The number of rotatable bonds is 5. The summed E-state index contributed by atoms with van der Waals surface area (Å²) in [5.41, 5.74) is 0.788. The molecule has 148 valence electrons. The van der Waals surface area contributed by atoms with E-state index in [4.69, 9.17) is 11.6 Å². The summed E-state index contributed by atoms with van der Waals surface area (Å²) >= 11 is 6.04. The van der Waals surface area contributed by atoms with Crippen LogP contribution in [-0.2, 0) is 4.79 Å². The number of anilines is 2. The maximum Gasteiger partial charge on any atom is 0.282 e. The molecule has 2 N–H and O–H groups in total. The second kappa shape index (κ2) is 8.53. The van der Waals surface area contributed by atoms with Crippen LogP contribution in [0.25, 0.3) is 0 Å². The van der Waals surface area contributed by atoms with Crippen LogP contribution in [0.3, 0.4) is 0 Å². The number of non-ortho nitro benzene ring substituents is 1. The van der Waals surface area contributed by atoms with Crippen molar-refractivity contribution in [3.05, 3.63) is 63.4 Å². The van der Waals surface area contributed by atoms with Gasteiger partial charge in [0.1, 0.15) is 5.82 Å². The standard InChI is InChI=1S/C19H20ClFN4O3/c1-13(19(26)22-17-7-6-14(25(27)28)12-15(17)20)23-8-10-24(11-9-23)18-5-3-2-4-16(18)21/h2-7,12-13H,8-11H2,1H3,(H,22,26)/p+1/t13-/m0/s1. The predicted molar refractivity (Wildman–Crippen MR) is 106 cm³/mol. The fourth-order valence-electron chi connectivity index (χ4n) is 3.32. The number of para-hydroxylation sites is 1. The van der Waals surface area contributed by atoms with Gasteiger partial charge in [0, 0.05) is 12.1 Å². The lowest BCUT2D eigenvalue weighted by atomic mass is 10.2. The van der Waals surface area contributed by atoms with Crippen molar-refractivity contribution in [3.8, 4) is 0 Å². The lowest BCUT2D eigenvalue weighted by molar-refractivity contribution is -0.914. The molecular weight excluding hydrogens is 387 g/mol. The second-order valence-electron chi connectivity index (χ2n) is 6.73. The Balaban J connectivity index is 1.59. The average molecular weight is 408 g/mol. The summed E-state index contributed by atoms with van der Waals surface area (Å²) in [5, 5.41) is 13.6. The molecule has 0 saturated carbocycles. The molecule has 2 aromatic rings. The average Bonchev–Trinajstić information content (AvgIpc) is 2.69. The number of nitro benzene ring substituents is 1. The van der Waals surface area contributed by atoms with Gasteiger partial charge >= 0.3 is 0 Å². The van der Waals surface area contributed by atoms with Gasteiger partial charge in [0.2, 0.25) is 0 Å². The first-order valence-electron chi connectivity index (χ1n) is 8.95. The van der Waals surface area contributed by atoms with E-state index in [1.54, 1.807) is 12.1 Å². The number of quaternary nitrogens is 1. The molecule has 0 aromatic heterocycles. The molecule has 7 nitrogen and oxygen atoms in total. The number of amides is 1. The number of carbonyl (C=O) groups excluding carboxylic acids is 1. The van der Waals surface area contributed by atoms with Crippen molar-refractivity contribution in [1.82, 2.24) is 0 Å². The highest BCUT2D eigenvalue weighted by Crippen LogP contribution is 2.26. The predicted octanol–water partition coefficient (Wildman–Crippen LogP) is 2.12.